The lowest BCUT2D eigenvalue weighted by molar-refractivity contribution is 0.206. The van der Waals surface area contributed by atoms with E-state index in [0.717, 1.165) is 37.5 Å². The predicted molar refractivity (Wildman–Crippen MR) is 94.2 cm³/mol. The van der Waals surface area contributed by atoms with Crippen molar-refractivity contribution >= 4 is 6.03 Å². The van der Waals surface area contributed by atoms with E-state index in [1.807, 2.05) is 0 Å². The van der Waals surface area contributed by atoms with E-state index < -0.39 is 5.82 Å². The second-order valence-electron chi connectivity index (χ2n) is 6.48. The van der Waals surface area contributed by atoms with E-state index in [1.54, 1.807) is 19.2 Å². The lowest BCUT2D eigenvalue weighted by Gasteiger charge is -2.18. The summed E-state index contributed by atoms with van der Waals surface area (Å²) in [6.07, 6.45) is 4.36. The van der Waals surface area contributed by atoms with Crippen LogP contribution in [0.3, 0.4) is 0 Å². The van der Waals surface area contributed by atoms with Gasteiger partial charge < -0.3 is 19.5 Å². The molecule has 1 aromatic carbocycles. The number of nitrogens with zero attached hydrogens (tertiary/aromatic N) is 4. The van der Waals surface area contributed by atoms with E-state index in [4.69, 9.17) is 4.74 Å². The van der Waals surface area contributed by atoms with E-state index in [2.05, 4.69) is 20.1 Å². The number of nitrogens with one attached hydrogen (secondary N) is 1. The maximum absolute atomic E-state index is 13.8. The van der Waals surface area contributed by atoms with Gasteiger partial charge in [0.1, 0.15) is 5.82 Å². The third-order valence-corrected chi connectivity index (χ3v) is 4.57. The third-order valence-electron chi connectivity index (χ3n) is 4.57. The van der Waals surface area contributed by atoms with Gasteiger partial charge in [-0.25, -0.2) is 9.18 Å². The molecule has 1 N–H and O–H groups in total. The molecule has 140 valence electrons. The summed E-state index contributed by atoms with van der Waals surface area (Å²) in [5, 5.41) is 11.3. The van der Waals surface area contributed by atoms with Crippen molar-refractivity contribution < 1.29 is 13.9 Å². The van der Waals surface area contributed by atoms with Gasteiger partial charge in [-0.2, -0.15) is 0 Å². The minimum absolute atomic E-state index is 0.188. The molecule has 7 nitrogen and oxygen atoms in total. The number of amides is 2. The molecule has 0 aliphatic carbocycles. The van der Waals surface area contributed by atoms with E-state index in [-0.39, 0.29) is 11.8 Å². The first-order chi connectivity index (χ1) is 12.6. The molecular weight excluding hydrogens is 337 g/mol. The van der Waals surface area contributed by atoms with Crippen LogP contribution in [0.15, 0.2) is 18.2 Å². The third kappa shape index (κ3) is 4.12. The van der Waals surface area contributed by atoms with Gasteiger partial charge in [0.05, 0.1) is 13.7 Å². The average Bonchev–Trinajstić information content (AvgIpc) is 2.86. The van der Waals surface area contributed by atoms with Crippen molar-refractivity contribution in [3.63, 3.8) is 0 Å². The van der Waals surface area contributed by atoms with Gasteiger partial charge in [-0.3, -0.25) is 0 Å². The molecule has 2 aromatic rings. The first-order valence-electron chi connectivity index (χ1n) is 8.81. The monoisotopic (exact) mass is 361 g/mol. The number of benzene rings is 1. The molecule has 0 saturated heterocycles. The van der Waals surface area contributed by atoms with Gasteiger partial charge in [-0.1, -0.05) is 12.5 Å². The van der Waals surface area contributed by atoms with Gasteiger partial charge in [0.15, 0.2) is 17.4 Å². The SMILES string of the molecule is COc1ccc(CN(C)C(=O)NCc2nnc3n2CCCCC3)cc1F. The average molecular weight is 361 g/mol. The summed E-state index contributed by atoms with van der Waals surface area (Å²) in [6.45, 7) is 1.52. The Kier molecular flexibility index (Phi) is 5.70. The number of aromatic nitrogens is 3. The molecule has 26 heavy (non-hydrogen) atoms. The fourth-order valence-electron chi connectivity index (χ4n) is 3.12. The summed E-state index contributed by atoms with van der Waals surface area (Å²) in [5.74, 6) is 1.52. The molecule has 3 rings (SSSR count). The van der Waals surface area contributed by atoms with Crippen LogP contribution in [0, 0.1) is 5.82 Å². The Labute approximate surface area is 152 Å². The molecule has 0 spiro atoms. The molecule has 0 fully saturated rings. The summed E-state index contributed by atoms with van der Waals surface area (Å²) in [7, 11) is 3.09. The van der Waals surface area contributed by atoms with Crippen molar-refractivity contribution in [2.24, 2.45) is 0 Å². The zero-order valence-corrected chi connectivity index (χ0v) is 15.2. The smallest absolute Gasteiger partial charge is 0.317 e. The lowest BCUT2D eigenvalue weighted by Crippen LogP contribution is -2.37. The highest BCUT2D eigenvalue weighted by Crippen LogP contribution is 2.18. The quantitative estimate of drug-likeness (QED) is 0.888. The van der Waals surface area contributed by atoms with Crippen LogP contribution in [0.1, 0.15) is 36.5 Å². The van der Waals surface area contributed by atoms with E-state index >= 15 is 0 Å². The Bertz CT molecular complexity index is 777. The van der Waals surface area contributed by atoms with E-state index in [0.29, 0.717) is 18.7 Å². The molecule has 1 aromatic heterocycles. The largest absolute Gasteiger partial charge is 0.494 e. The van der Waals surface area contributed by atoms with Crippen LogP contribution < -0.4 is 10.1 Å². The predicted octanol–water partition coefficient (Wildman–Crippen LogP) is 2.49. The molecule has 2 heterocycles. The number of fused-ring (bicyclic) bond motifs is 1. The van der Waals surface area contributed by atoms with Crippen molar-refractivity contribution in [3.05, 3.63) is 41.2 Å². The number of carbonyl (C=O) groups is 1. The summed E-state index contributed by atoms with van der Waals surface area (Å²) < 4.78 is 20.8. The first-order valence-corrected chi connectivity index (χ1v) is 8.81. The normalized spacial score (nSPS) is 13.7. The topological polar surface area (TPSA) is 72.3 Å². The number of hydrogen-bond donors (Lipinski definition) is 1. The van der Waals surface area contributed by atoms with Crippen molar-refractivity contribution in [1.29, 1.82) is 0 Å². The first kappa shape index (κ1) is 18.2. The van der Waals surface area contributed by atoms with Crippen LogP contribution in [0.25, 0.3) is 0 Å². The number of carbonyl (C=O) groups excluding carboxylic acids is 1. The zero-order chi connectivity index (χ0) is 18.5. The van der Waals surface area contributed by atoms with Crippen molar-refractivity contribution in [2.75, 3.05) is 14.2 Å². The molecular formula is C18H24FN5O2. The Balaban J connectivity index is 1.56. The molecule has 0 radical (unpaired) electrons. The molecule has 1 aliphatic heterocycles. The second kappa shape index (κ2) is 8.16. The van der Waals surface area contributed by atoms with Crippen molar-refractivity contribution in [2.45, 2.75) is 45.3 Å². The number of hydrogen-bond acceptors (Lipinski definition) is 4. The highest BCUT2D eigenvalue weighted by atomic mass is 19.1. The van der Waals surface area contributed by atoms with Gasteiger partial charge in [0, 0.05) is 26.6 Å². The molecule has 0 bridgehead atoms. The molecule has 0 saturated carbocycles. The van der Waals surface area contributed by atoms with Crippen LogP contribution in [-0.4, -0.2) is 39.9 Å². The van der Waals surface area contributed by atoms with Crippen LogP contribution in [-0.2, 0) is 26.1 Å². The summed E-state index contributed by atoms with van der Waals surface area (Å²) in [4.78, 5) is 13.8. The van der Waals surface area contributed by atoms with Crippen LogP contribution in [0.2, 0.25) is 0 Å². The fourth-order valence-corrected chi connectivity index (χ4v) is 3.12. The standard InChI is InChI=1S/C18H24FN5O2/c1-23(12-13-7-8-15(26-2)14(19)10-13)18(25)20-11-17-22-21-16-6-4-3-5-9-24(16)17/h7-8,10H,3-6,9,11-12H2,1-2H3,(H,20,25). The van der Waals surface area contributed by atoms with Gasteiger partial charge in [0.25, 0.3) is 0 Å². The maximum atomic E-state index is 13.8. The number of aryl methyl sites for hydroxylation is 1. The second-order valence-corrected chi connectivity index (χ2v) is 6.48. The number of halogens is 1. The van der Waals surface area contributed by atoms with Gasteiger partial charge in [0.2, 0.25) is 0 Å². The number of ether oxygens (including phenoxy) is 1. The van der Waals surface area contributed by atoms with Gasteiger partial charge in [-0.05, 0) is 30.5 Å². The van der Waals surface area contributed by atoms with Crippen LogP contribution >= 0.6 is 0 Å². The van der Waals surface area contributed by atoms with E-state index in [9.17, 15) is 9.18 Å². The highest BCUT2D eigenvalue weighted by Gasteiger charge is 2.16. The van der Waals surface area contributed by atoms with Gasteiger partial charge in [-0.15, -0.1) is 10.2 Å². The molecule has 0 atom stereocenters. The summed E-state index contributed by atoms with van der Waals surface area (Å²) in [5.41, 5.74) is 0.692. The van der Waals surface area contributed by atoms with E-state index in [1.165, 1.54) is 24.5 Å². The fraction of sp³-hybridized carbons (Fsp3) is 0.500. The Morgan fingerprint density at radius 1 is 1.35 bits per heavy atom. The highest BCUT2D eigenvalue weighted by molar-refractivity contribution is 5.73. The lowest BCUT2D eigenvalue weighted by atomic mass is 10.2. The summed E-state index contributed by atoms with van der Waals surface area (Å²) >= 11 is 0. The Hall–Kier alpha value is -2.64. The zero-order valence-electron chi connectivity index (χ0n) is 15.2. The van der Waals surface area contributed by atoms with Crippen molar-refractivity contribution in [1.82, 2.24) is 25.0 Å². The maximum Gasteiger partial charge on any atom is 0.317 e. The summed E-state index contributed by atoms with van der Waals surface area (Å²) in [6, 6.07) is 4.43. The number of rotatable bonds is 5. The Morgan fingerprint density at radius 2 is 2.19 bits per heavy atom. The van der Waals surface area contributed by atoms with Crippen molar-refractivity contribution in [3.8, 4) is 5.75 Å². The van der Waals surface area contributed by atoms with Crippen LogP contribution in [0.4, 0.5) is 9.18 Å². The minimum Gasteiger partial charge on any atom is -0.494 e. The number of methoxy groups -OCH3 is 1. The molecule has 2 amide bonds. The minimum atomic E-state index is -0.440. The number of urea groups is 1. The molecule has 1 aliphatic rings. The van der Waals surface area contributed by atoms with Gasteiger partial charge >= 0.3 is 6.03 Å². The Morgan fingerprint density at radius 3 is 2.96 bits per heavy atom. The van der Waals surface area contributed by atoms with Crippen LogP contribution in [0.5, 0.6) is 5.75 Å². The molecule has 0 unspecified atom stereocenters. The molecule has 8 heteroatoms.